The first kappa shape index (κ1) is 76.4. The number of rotatable bonds is 18. The molecule has 21 heteroatoms. The second kappa shape index (κ2) is 35.9. The fraction of sp³-hybridized carbons (Fsp3) is 0.402. The molecule has 9 aromatic rings. The first-order valence-electron chi connectivity index (χ1n) is 38.6. The lowest BCUT2D eigenvalue weighted by Gasteiger charge is -2.41. The zero-order valence-corrected chi connectivity index (χ0v) is 63.4. The molecule has 3 aromatic heterocycles. The number of hydrogen-bond acceptors (Lipinski definition) is 10. The van der Waals surface area contributed by atoms with E-state index < -0.39 is 36.0 Å². The highest BCUT2D eigenvalue weighted by Crippen LogP contribution is 2.40. The standard InChI is InChI=1S/C30H35N3O3.C29H32BrN3O3.C28H34N4O4/c1-21-5-4-6-22(19-21)9-10-28(34)32-15-13-24(14-16-32)29(30(35)36)33-17-11-23(12-18-33)26-20-31-27-8-3-2-7-25(26)27;30-23-5-3-4-20(18-23)8-9-27(34)32-14-12-22(13-15-32)28(29(35)36)33-16-10-21(11-17-33)25-19-31-26-7-2-1-6-24(25)26;1-36-22-8-6-21(7-9-22)30-28(35)32-16-12-20(13-17-32)26(27(33)34)31-14-10-19(11-15-31)24-18-29-25-5-3-2-4-23(24)25/h2-10,19-20,23-24,29,31H,11-18H2,1H3,(H,35,36);1-9,18-19,21-22,28,31H,10-17H2,(H,35,36);2-9,18-20,26,29H,10-17H2,1H3,(H,30,35)(H,33,34)/b10-9+;9-8+;. The van der Waals surface area contributed by atoms with Crippen LogP contribution in [0.15, 0.2) is 181 Å². The number of carboxylic acids is 3. The van der Waals surface area contributed by atoms with Crippen LogP contribution in [0.1, 0.15) is 128 Å². The fourth-order valence-electron chi connectivity index (χ4n) is 17.8. The number of carbonyl (C=O) groups is 6. The number of amides is 4. The molecule has 6 aliphatic rings. The highest BCUT2D eigenvalue weighted by Gasteiger charge is 2.42. The Morgan fingerprint density at radius 1 is 0.435 bits per heavy atom. The van der Waals surface area contributed by atoms with Gasteiger partial charge in [0.1, 0.15) is 23.9 Å². The Hall–Kier alpha value is -9.80. The zero-order valence-electron chi connectivity index (χ0n) is 61.8. The van der Waals surface area contributed by atoms with Crippen molar-refractivity contribution in [3.63, 3.8) is 0 Å². The molecule has 4 amide bonds. The largest absolute Gasteiger partial charge is 0.497 e. The molecule has 6 fully saturated rings. The Labute approximate surface area is 640 Å². The van der Waals surface area contributed by atoms with Gasteiger partial charge in [-0.15, -0.1) is 0 Å². The van der Waals surface area contributed by atoms with Crippen molar-refractivity contribution in [1.82, 2.24) is 44.4 Å². The summed E-state index contributed by atoms with van der Waals surface area (Å²) in [6.45, 7) is 10.3. The predicted molar refractivity (Wildman–Crippen MR) is 428 cm³/mol. The molecule has 15 rings (SSSR count). The maximum absolute atomic E-state index is 12.7. The average Bonchev–Trinajstić information content (AvgIpc) is 1.68. The topological polar surface area (TPSA) is 251 Å². The van der Waals surface area contributed by atoms with Crippen LogP contribution in [0.4, 0.5) is 10.5 Å². The number of aliphatic carboxylic acids is 3. The van der Waals surface area contributed by atoms with Gasteiger partial charge in [0.15, 0.2) is 0 Å². The van der Waals surface area contributed by atoms with Crippen LogP contribution in [0.25, 0.3) is 44.9 Å². The number of piperidine rings is 6. The number of urea groups is 1. The number of nitrogens with one attached hydrogen (secondary N) is 4. The molecule has 20 nitrogen and oxygen atoms in total. The van der Waals surface area contributed by atoms with E-state index >= 15 is 0 Å². The van der Waals surface area contributed by atoms with Crippen LogP contribution >= 0.6 is 15.9 Å². The molecule has 3 atom stereocenters. The van der Waals surface area contributed by atoms with Crippen molar-refractivity contribution < 1.29 is 48.8 Å². The van der Waals surface area contributed by atoms with Gasteiger partial charge in [0, 0.05) is 113 Å². The average molecular weight is 1530 g/mol. The Bertz CT molecular complexity index is 4420. The van der Waals surface area contributed by atoms with Gasteiger partial charge in [-0.25, -0.2) is 4.79 Å². The van der Waals surface area contributed by atoms with Crippen LogP contribution in [-0.4, -0.2) is 199 Å². The SMILES string of the molecule is COc1ccc(NC(=O)N2CCC(C(C(=O)O)N3CCC(c4c[nH]c5ccccc45)CC3)CC2)cc1.Cc1cccc(/C=C/C(=O)N2CCC(C(C(=O)O)N3CCC(c4c[nH]c5ccccc45)CC3)CC2)c1.O=C(O)C(C1CCN(C(=O)/C=C/c2cccc(Br)c2)CC1)N1CCC(c2c[nH]c3ccccc23)CC1. The van der Waals surface area contributed by atoms with Gasteiger partial charge >= 0.3 is 23.9 Å². The molecular formula is C87H101BrN10O10. The third kappa shape index (κ3) is 18.7. The number of aromatic nitrogens is 3. The van der Waals surface area contributed by atoms with E-state index in [1.54, 1.807) is 36.3 Å². The molecule has 6 aliphatic heterocycles. The lowest BCUT2D eigenvalue weighted by Crippen LogP contribution is -2.52. The minimum atomic E-state index is -0.748. The number of methoxy groups -OCH3 is 1. The number of ether oxygens (including phenoxy) is 1. The number of nitrogens with zero attached hydrogens (tertiary/aromatic N) is 6. The summed E-state index contributed by atoms with van der Waals surface area (Å²) in [6, 6.07) is 46.6. The number of likely N-dealkylation sites (tertiary alicyclic amines) is 6. The van der Waals surface area contributed by atoms with Gasteiger partial charge in [-0.3, -0.25) is 38.7 Å². The monoisotopic (exact) mass is 1520 g/mol. The van der Waals surface area contributed by atoms with Gasteiger partial charge in [-0.2, -0.15) is 0 Å². The first-order valence-corrected chi connectivity index (χ1v) is 39.4. The number of H-pyrrole nitrogens is 3. The number of aromatic amines is 3. The van der Waals surface area contributed by atoms with Crippen LogP contribution < -0.4 is 10.1 Å². The van der Waals surface area contributed by atoms with Gasteiger partial charge < -0.3 is 55.0 Å². The molecule has 7 N–H and O–H groups in total. The molecule has 108 heavy (non-hydrogen) atoms. The highest BCUT2D eigenvalue weighted by molar-refractivity contribution is 9.10. The normalized spacial score (nSPS) is 19.0. The van der Waals surface area contributed by atoms with Crippen LogP contribution in [0.5, 0.6) is 5.75 Å². The fourth-order valence-corrected chi connectivity index (χ4v) is 18.2. The Morgan fingerprint density at radius 2 is 0.787 bits per heavy atom. The number of carbonyl (C=O) groups excluding carboxylic acids is 3. The van der Waals surface area contributed by atoms with Gasteiger partial charge in [0.2, 0.25) is 11.8 Å². The van der Waals surface area contributed by atoms with Crippen molar-refractivity contribution in [2.24, 2.45) is 17.8 Å². The number of halogens is 1. The van der Waals surface area contributed by atoms with Crippen molar-refractivity contribution >= 4 is 102 Å². The quantitative estimate of drug-likeness (QED) is 0.0395. The van der Waals surface area contributed by atoms with Crippen LogP contribution in [0, 0.1) is 24.7 Å². The summed E-state index contributed by atoms with van der Waals surface area (Å²) >= 11 is 3.45. The molecule has 0 radical (unpaired) electrons. The number of para-hydroxylation sites is 3. The maximum Gasteiger partial charge on any atom is 0.321 e. The van der Waals surface area contributed by atoms with Gasteiger partial charge in [0.05, 0.1) is 7.11 Å². The summed E-state index contributed by atoms with van der Waals surface area (Å²) < 4.78 is 6.13. The number of aryl methyl sites for hydroxylation is 1. The second-order valence-electron chi connectivity index (χ2n) is 30.1. The molecule has 0 bridgehead atoms. The zero-order chi connectivity index (χ0) is 75.2. The molecule has 0 spiro atoms. The summed E-state index contributed by atoms with van der Waals surface area (Å²) in [7, 11) is 1.61. The number of anilines is 1. The third-order valence-electron chi connectivity index (χ3n) is 23.6. The molecule has 0 aliphatic carbocycles. The molecule has 6 saturated heterocycles. The Morgan fingerprint density at radius 3 is 1.14 bits per heavy atom. The minimum absolute atomic E-state index is 0.00127. The molecule has 3 unspecified atom stereocenters. The first-order chi connectivity index (χ1) is 52.5. The summed E-state index contributed by atoms with van der Waals surface area (Å²) in [5.74, 6) is 0.0102. The van der Waals surface area contributed by atoms with Crippen molar-refractivity contribution in [1.29, 1.82) is 0 Å². The number of carboxylic acid groups (broad SMARTS) is 3. The number of benzene rings is 6. The van der Waals surface area contributed by atoms with E-state index in [0.29, 0.717) is 75.6 Å². The van der Waals surface area contributed by atoms with Crippen molar-refractivity contribution in [2.75, 3.05) is 91.0 Å². The predicted octanol–water partition coefficient (Wildman–Crippen LogP) is 15.3. The molecular weight excluding hydrogens is 1420 g/mol. The van der Waals surface area contributed by atoms with E-state index in [0.717, 1.165) is 147 Å². The molecule has 566 valence electrons. The van der Waals surface area contributed by atoms with E-state index in [-0.39, 0.29) is 35.6 Å². The summed E-state index contributed by atoms with van der Waals surface area (Å²) in [5, 5.41) is 37.2. The molecule has 6 aromatic carbocycles. The van der Waals surface area contributed by atoms with E-state index in [1.165, 1.54) is 32.8 Å². The summed E-state index contributed by atoms with van der Waals surface area (Å²) in [6.07, 6.45) is 23.3. The van der Waals surface area contributed by atoms with Gasteiger partial charge in [-0.1, -0.05) is 112 Å². The minimum Gasteiger partial charge on any atom is -0.497 e. The van der Waals surface area contributed by atoms with Crippen LogP contribution in [-0.2, 0) is 24.0 Å². The smallest absolute Gasteiger partial charge is 0.321 e. The molecule has 9 heterocycles. The summed E-state index contributed by atoms with van der Waals surface area (Å²) in [5.41, 5.74) is 11.4. The third-order valence-corrected chi connectivity index (χ3v) is 24.1. The number of fused-ring (bicyclic) bond motifs is 3. The highest BCUT2D eigenvalue weighted by atomic mass is 79.9. The Kier molecular flexibility index (Phi) is 25.4. The van der Waals surface area contributed by atoms with Crippen molar-refractivity contribution in [3.05, 3.63) is 214 Å². The second-order valence-corrected chi connectivity index (χ2v) is 31.0. The van der Waals surface area contributed by atoms with E-state index in [1.807, 2.05) is 102 Å². The van der Waals surface area contributed by atoms with Crippen LogP contribution in [0.3, 0.4) is 0 Å². The van der Waals surface area contributed by atoms with E-state index in [4.69, 9.17) is 4.74 Å². The Balaban J connectivity index is 0.000000143. The van der Waals surface area contributed by atoms with Crippen molar-refractivity contribution in [2.45, 2.75) is 120 Å². The van der Waals surface area contributed by atoms with Gasteiger partial charge in [-0.05, 0) is 253 Å². The lowest BCUT2D eigenvalue weighted by atomic mass is 9.84. The van der Waals surface area contributed by atoms with E-state index in [2.05, 4.69) is 130 Å². The summed E-state index contributed by atoms with van der Waals surface area (Å²) in [4.78, 5) is 97.3. The maximum atomic E-state index is 12.7. The lowest BCUT2D eigenvalue weighted by molar-refractivity contribution is -0.148. The number of hydrogen-bond donors (Lipinski definition) is 7. The van der Waals surface area contributed by atoms with Crippen LogP contribution in [0.2, 0.25) is 0 Å². The van der Waals surface area contributed by atoms with Crippen molar-refractivity contribution in [3.8, 4) is 5.75 Å². The molecule has 0 saturated carbocycles. The van der Waals surface area contributed by atoms with Gasteiger partial charge in [0.25, 0.3) is 0 Å². The van der Waals surface area contributed by atoms with E-state index in [9.17, 15) is 44.1 Å².